The zero-order valence-corrected chi connectivity index (χ0v) is 16.8. The Hall–Kier alpha value is -1.58. The summed E-state index contributed by atoms with van der Waals surface area (Å²) in [7, 11) is 1.75. The summed E-state index contributed by atoms with van der Waals surface area (Å²) in [6.07, 6.45) is 10.1. The van der Waals surface area contributed by atoms with Crippen molar-refractivity contribution in [2.45, 2.75) is 59.3 Å². The summed E-state index contributed by atoms with van der Waals surface area (Å²) in [6, 6.07) is 0. The lowest BCUT2D eigenvalue weighted by Crippen LogP contribution is -2.50. The van der Waals surface area contributed by atoms with Crippen LogP contribution in [0.2, 0.25) is 0 Å². The van der Waals surface area contributed by atoms with Crippen molar-refractivity contribution < 1.29 is 19.0 Å². The van der Waals surface area contributed by atoms with Crippen LogP contribution in [0.15, 0.2) is 34.9 Å². The number of hydrogen-bond donors (Lipinski definition) is 1. The zero-order valence-electron chi connectivity index (χ0n) is 16.8. The van der Waals surface area contributed by atoms with Crippen molar-refractivity contribution in [2.24, 2.45) is 34.5 Å². The van der Waals surface area contributed by atoms with Crippen LogP contribution in [0.25, 0.3) is 0 Å². The molecule has 3 nitrogen and oxygen atoms in total. The molecule has 4 aliphatic rings. The first kappa shape index (κ1) is 18.8. The number of carboxylic acids is 1. The molecule has 2 saturated carbocycles. The Morgan fingerprint density at radius 1 is 1.30 bits per heavy atom. The van der Waals surface area contributed by atoms with Crippen LogP contribution in [-0.2, 0) is 9.53 Å². The van der Waals surface area contributed by atoms with Gasteiger partial charge in [0.2, 0.25) is 5.83 Å². The Bertz CT molecular complexity index is 764. The monoisotopic (exact) mass is 374 g/mol. The van der Waals surface area contributed by atoms with E-state index in [1.807, 2.05) is 0 Å². The van der Waals surface area contributed by atoms with Gasteiger partial charge in [-0.25, -0.2) is 4.79 Å². The summed E-state index contributed by atoms with van der Waals surface area (Å²) in [5.74, 6) is 0.753. The third kappa shape index (κ3) is 2.48. The third-order valence-corrected chi connectivity index (χ3v) is 8.79. The largest absolute Gasteiger partial charge is 0.501 e. The fourth-order valence-electron chi connectivity index (χ4n) is 7.11. The molecular weight excluding hydrogens is 343 g/mol. The maximum absolute atomic E-state index is 14.4. The smallest absolute Gasteiger partial charge is 0.364 e. The van der Waals surface area contributed by atoms with Gasteiger partial charge in [0.1, 0.15) is 0 Å². The van der Waals surface area contributed by atoms with Crippen LogP contribution in [0, 0.1) is 34.5 Å². The average Bonchev–Trinajstić information content (AvgIpc) is 2.98. The van der Waals surface area contributed by atoms with Gasteiger partial charge >= 0.3 is 5.97 Å². The molecule has 0 heterocycles. The van der Waals surface area contributed by atoms with Gasteiger partial charge in [0.15, 0.2) is 0 Å². The van der Waals surface area contributed by atoms with Crippen molar-refractivity contribution in [3.63, 3.8) is 0 Å². The standard InChI is InChI=1S/C23H31FO3/c1-13-11-15(27-4)12-14-5-6-16-17-7-8-19(20(24)21(25)26)22(17,2)10-9-18(16)23(13,14)3/h5,12-13,16-18H,6-11H2,1-4H3,(H,25,26)/t13-,16-,17-,18-,22-,23-/m0/s1. The van der Waals surface area contributed by atoms with Gasteiger partial charge in [0, 0.05) is 6.42 Å². The number of carbonyl (C=O) groups is 1. The van der Waals surface area contributed by atoms with E-state index in [0.717, 1.165) is 37.9 Å². The second-order valence-corrected chi connectivity index (χ2v) is 9.57. The summed E-state index contributed by atoms with van der Waals surface area (Å²) in [6.45, 7) is 6.86. The Balaban J connectivity index is 1.73. The number of aliphatic carboxylic acids is 1. The maximum atomic E-state index is 14.4. The highest BCUT2D eigenvalue weighted by Gasteiger charge is 2.59. The van der Waals surface area contributed by atoms with Crippen LogP contribution in [0.5, 0.6) is 0 Å². The SMILES string of the molecule is COC1=CC2=CC[C@@H]3[C@H](CC[C@]4(C)C(=C(F)C(=O)O)CC[C@@H]34)[C@@]2(C)[C@@H](C)C1. The molecule has 27 heavy (non-hydrogen) atoms. The molecule has 148 valence electrons. The van der Waals surface area contributed by atoms with Gasteiger partial charge in [0.05, 0.1) is 12.9 Å². The highest BCUT2D eigenvalue weighted by atomic mass is 19.1. The number of allylic oxidation sites excluding steroid dienone is 5. The van der Waals surface area contributed by atoms with Crippen LogP contribution in [0.4, 0.5) is 4.39 Å². The molecule has 0 aromatic carbocycles. The lowest BCUT2D eigenvalue weighted by molar-refractivity contribution is -0.134. The van der Waals surface area contributed by atoms with Crippen molar-refractivity contribution in [1.82, 2.24) is 0 Å². The van der Waals surface area contributed by atoms with Gasteiger partial charge in [0.25, 0.3) is 0 Å². The van der Waals surface area contributed by atoms with E-state index in [1.54, 1.807) is 7.11 Å². The summed E-state index contributed by atoms with van der Waals surface area (Å²) >= 11 is 0. The molecular formula is C23H31FO3. The van der Waals surface area contributed by atoms with Gasteiger partial charge in [-0.3, -0.25) is 0 Å². The molecule has 4 aliphatic carbocycles. The molecule has 0 aromatic heterocycles. The van der Waals surface area contributed by atoms with Crippen molar-refractivity contribution >= 4 is 5.97 Å². The number of carboxylic acid groups (broad SMARTS) is 1. The van der Waals surface area contributed by atoms with E-state index >= 15 is 0 Å². The van der Waals surface area contributed by atoms with Crippen LogP contribution < -0.4 is 0 Å². The minimum absolute atomic E-state index is 0.129. The van der Waals surface area contributed by atoms with Crippen molar-refractivity contribution in [1.29, 1.82) is 0 Å². The first-order chi connectivity index (χ1) is 12.7. The summed E-state index contributed by atoms with van der Waals surface area (Å²) < 4.78 is 20.0. The third-order valence-electron chi connectivity index (χ3n) is 8.79. The van der Waals surface area contributed by atoms with E-state index in [4.69, 9.17) is 4.74 Å². The molecule has 0 saturated heterocycles. The number of hydrogen-bond acceptors (Lipinski definition) is 2. The van der Waals surface area contributed by atoms with E-state index in [-0.39, 0.29) is 10.8 Å². The quantitative estimate of drug-likeness (QED) is 0.636. The minimum atomic E-state index is -1.40. The van der Waals surface area contributed by atoms with E-state index in [9.17, 15) is 14.3 Å². The molecule has 0 aliphatic heterocycles. The van der Waals surface area contributed by atoms with Gasteiger partial charge in [-0.1, -0.05) is 26.8 Å². The molecule has 0 aromatic rings. The highest BCUT2D eigenvalue weighted by Crippen LogP contribution is 2.67. The lowest BCUT2D eigenvalue weighted by Gasteiger charge is -2.58. The van der Waals surface area contributed by atoms with Gasteiger partial charge in [-0.2, -0.15) is 4.39 Å². The number of methoxy groups -OCH3 is 1. The highest BCUT2D eigenvalue weighted by molar-refractivity contribution is 5.85. The average molecular weight is 374 g/mol. The lowest BCUT2D eigenvalue weighted by atomic mass is 9.46. The molecule has 0 spiro atoms. The molecule has 6 atom stereocenters. The molecule has 0 radical (unpaired) electrons. The fraction of sp³-hybridized carbons (Fsp3) is 0.696. The van der Waals surface area contributed by atoms with Gasteiger partial charge in [-0.15, -0.1) is 0 Å². The topological polar surface area (TPSA) is 46.5 Å². The Labute approximate surface area is 161 Å². The Morgan fingerprint density at radius 2 is 2.04 bits per heavy atom. The number of halogens is 1. The molecule has 2 fully saturated rings. The van der Waals surface area contributed by atoms with Crippen molar-refractivity contribution in [2.75, 3.05) is 7.11 Å². The second kappa shape index (κ2) is 6.22. The summed E-state index contributed by atoms with van der Waals surface area (Å²) in [5.41, 5.74) is 1.81. The van der Waals surface area contributed by atoms with Crippen molar-refractivity contribution in [3.05, 3.63) is 34.9 Å². The molecule has 4 heteroatoms. The molecule has 4 rings (SSSR count). The predicted octanol–water partition coefficient (Wildman–Crippen LogP) is 5.64. The maximum Gasteiger partial charge on any atom is 0.364 e. The number of rotatable bonds is 2. The molecule has 0 unspecified atom stereocenters. The van der Waals surface area contributed by atoms with Gasteiger partial charge < -0.3 is 9.84 Å². The first-order valence-electron chi connectivity index (χ1n) is 10.3. The second-order valence-electron chi connectivity index (χ2n) is 9.57. The molecule has 1 N–H and O–H groups in total. The summed E-state index contributed by atoms with van der Waals surface area (Å²) in [4.78, 5) is 11.3. The molecule has 0 amide bonds. The Morgan fingerprint density at radius 3 is 2.70 bits per heavy atom. The predicted molar refractivity (Wildman–Crippen MR) is 102 cm³/mol. The fourth-order valence-corrected chi connectivity index (χ4v) is 7.11. The van der Waals surface area contributed by atoms with Crippen molar-refractivity contribution in [3.8, 4) is 0 Å². The van der Waals surface area contributed by atoms with E-state index in [1.165, 1.54) is 5.57 Å². The van der Waals surface area contributed by atoms with E-state index < -0.39 is 11.8 Å². The van der Waals surface area contributed by atoms with Crippen LogP contribution in [0.3, 0.4) is 0 Å². The van der Waals surface area contributed by atoms with Crippen LogP contribution >= 0.6 is 0 Å². The van der Waals surface area contributed by atoms with E-state index in [2.05, 4.69) is 32.9 Å². The zero-order chi connectivity index (χ0) is 19.6. The number of fused-ring (bicyclic) bond motifs is 5. The normalized spacial score (nSPS) is 45.1. The van der Waals surface area contributed by atoms with Crippen LogP contribution in [-0.4, -0.2) is 18.2 Å². The summed E-state index contributed by atoms with van der Waals surface area (Å²) in [5, 5.41) is 9.20. The Kier molecular flexibility index (Phi) is 4.32. The first-order valence-corrected chi connectivity index (χ1v) is 10.3. The molecule has 0 bridgehead atoms. The van der Waals surface area contributed by atoms with Gasteiger partial charge in [-0.05, 0) is 83.8 Å². The minimum Gasteiger partial charge on any atom is -0.501 e. The number of ether oxygens (including phenoxy) is 1. The van der Waals surface area contributed by atoms with E-state index in [0.29, 0.717) is 35.7 Å². The van der Waals surface area contributed by atoms with Crippen LogP contribution in [0.1, 0.15) is 59.3 Å².